The SMILES string of the molecule is CC(C)c1ccccc1OCc1cnn(C)c1. The summed E-state index contributed by atoms with van der Waals surface area (Å²) in [7, 11) is 1.91. The molecule has 90 valence electrons. The Morgan fingerprint density at radius 3 is 2.71 bits per heavy atom. The highest BCUT2D eigenvalue weighted by Gasteiger charge is 2.07. The van der Waals surface area contributed by atoms with Crippen molar-refractivity contribution in [3.8, 4) is 5.75 Å². The molecule has 1 heterocycles. The summed E-state index contributed by atoms with van der Waals surface area (Å²) in [5, 5.41) is 4.12. The van der Waals surface area contributed by atoms with Gasteiger partial charge in [-0.2, -0.15) is 5.10 Å². The van der Waals surface area contributed by atoms with Crippen LogP contribution in [-0.4, -0.2) is 9.78 Å². The van der Waals surface area contributed by atoms with Crippen molar-refractivity contribution < 1.29 is 4.74 Å². The van der Waals surface area contributed by atoms with Crippen LogP contribution in [0.3, 0.4) is 0 Å². The van der Waals surface area contributed by atoms with Gasteiger partial charge in [0.2, 0.25) is 0 Å². The van der Waals surface area contributed by atoms with Gasteiger partial charge in [0.25, 0.3) is 0 Å². The molecule has 0 amide bonds. The summed E-state index contributed by atoms with van der Waals surface area (Å²) >= 11 is 0. The molecule has 0 fully saturated rings. The van der Waals surface area contributed by atoms with Gasteiger partial charge in [-0.3, -0.25) is 4.68 Å². The number of rotatable bonds is 4. The van der Waals surface area contributed by atoms with E-state index in [0.29, 0.717) is 12.5 Å². The van der Waals surface area contributed by atoms with Gasteiger partial charge in [-0.15, -0.1) is 0 Å². The maximum Gasteiger partial charge on any atom is 0.123 e. The van der Waals surface area contributed by atoms with Gasteiger partial charge in [0.05, 0.1) is 6.20 Å². The maximum absolute atomic E-state index is 5.84. The molecule has 17 heavy (non-hydrogen) atoms. The molecular formula is C14H18N2O. The third-order valence-electron chi connectivity index (χ3n) is 2.69. The zero-order valence-corrected chi connectivity index (χ0v) is 10.6. The van der Waals surface area contributed by atoms with E-state index in [-0.39, 0.29) is 0 Å². The molecule has 2 rings (SSSR count). The van der Waals surface area contributed by atoms with Gasteiger partial charge in [-0.05, 0) is 17.5 Å². The molecule has 0 aliphatic heterocycles. The molecule has 1 aromatic heterocycles. The van der Waals surface area contributed by atoms with Gasteiger partial charge in [0, 0.05) is 18.8 Å². The first kappa shape index (κ1) is 11.7. The van der Waals surface area contributed by atoms with Crippen LogP contribution < -0.4 is 4.74 Å². The van der Waals surface area contributed by atoms with Crippen molar-refractivity contribution in [2.24, 2.45) is 7.05 Å². The van der Waals surface area contributed by atoms with E-state index in [1.54, 1.807) is 4.68 Å². The Bertz CT molecular complexity index is 488. The number of ether oxygens (including phenoxy) is 1. The summed E-state index contributed by atoms with van der Waals surface area (Å²) < 4.78 is 7.63. The predicted octanol–water partition coefficient (Wildman–Crippen LogP) is 3.12. The van der Waals surface area contributed by atoms with Crippen LogP contribution in [0, 0.1) is 0 Å². The number of para-hydroxylation sites is 1. The quantitative estimate of drug-likeness (QED) is 0.807. The molecule has 0 spiro atoms. The van der Waals surface area contributed by atoms with Crippen LogP contribution in [0.25, 0.3) is 0 Å². The number of nitrogens with zero attached hydrogens (tertiary/aromatic N) is 2. The average molecular weight is 230 g/mol. The van der Waals surface area contributed by atoms with Crippen LogP contribution in [0.4, 0.5) is 0 Å². The first-order valence-electron chi connectivity index (χ1n) is 5.86. The lowest BCUT2D eigenvalue weighted by molar-refractivity contribution is 0.301. The molecule has 0 aliphatic rings. The van der Waals surface area contributed by atoms with Crippen LogP contribution in [0.1, 0.15) is 30.9 Å². The smallest absolute Gasteiger partial charge is 0.123 e. The summed E-state index contributed by atoms with van der Waals surface area (Å²) in [6.07, 6.45) is 3.80. The van der Waals surface area contributed by atoms with Gasteiger partial charge >= 0.3 is 0 Å². The van der Waals surface area contributed by atoms with Crippen molar-refractivity contribution in [2.45, 2.75) is 26.4 Å². The highest BCUT2D eigenvalue weighted by Crippen LogP contribution is 2.26. The second kappa shape index (κ2) is 5.04. The van der Waals surface area contributed by atoms with Crippen LogP contribution in [0.15, 0.2) is 36.7 Å². The fraction of sp³-hybridized carbons (Fsp3) is 0.357. The Morgan fingerprint density at radius 2 is 2.06 bits per heavy atom. The fourth-order valence-corrected chi connectivity index (χ4v) is 1.80. The standard InChI is InChI=1S/C14H18N2O/c1-11(2)13-6-4-5-7-14(13)17-10-12-8-15-16(3)9-12/h4-9,11H,10H2,1-3H3. The minimum Gasteiger partial charge on any atom is -0.488 e. The van der Waals surface area contributed by atoms with E-state index in [9.17, 15) is 0 Å². The monoisotopic (exact) mass is 230 g/mol. The first-order valence-corrected chi connectivity index (χ1v) is 5.86. The molecule has 0 saturated heterocycles. The summed E-state index contributed by atoms with van der Waals surface area (Å²) in [6, 6.07) is 8.19. The van der Waals surface area contributed by atoms with E-state index in [0.717, 1.165) is 11.3 Å². The topological polar surface area (TPSA) is 27.1 Å². The molecule has 0 atom stereocenters. The Labute approximate surface area is 102 Å². The van der Waals surface area contributed by atoms with E-state index in [1.165, 1.54) is 5.56 Å². The van der Waals surface area contributed by atoms with Crippen molar-refractivity contribution in [3.63, 3.8) is 0 Å². The molecule has 3 nitrogen and oxygen atoms in total. The summed E-state index contributed by atoms with van der Waals surface area (Å²) in [4.78, 5) is 0. The van der Waals surface area contributed by atoms with Gasteiger partial charge in [-0.25, -0.2) is 0 Å². The van der Waals surface area contributed by atoms with E-state index < -0.39 is 0 Å². The number of aryl methyl sites for hydroxylation is 1. The lowest BCUT2D eigenvalue weighted by atomic mass is 10.0. The van der Waals surface area contributed by atoms with Crippen molar-refractivity contribution >= 4 is 0 Å². The molecule has 0 aliphatic carbocycles. The number of aromatic nitrogens is 2. The van der Waals surface area contributed by atoms with Crippen LogP contribution in [0.2, 0.25) is 0 Å². The van der Waals surface area contributed by atoms with Crippen molar-refractivity contribution in [3.05, 3.63) is 47.8 Å². The van der Waals surface area contributed by atoms with E-state index in [4.69, 9.17) is 4.74 Å². The maximum atomic E-state index is 5.84. The Morgan fingerprint density at radius 1 is 1.29 bits per heavy atom. The van der Waals surface area contributed by atoms with Crippen LogP contribution >= 0.6 is 0 Å². The zero-order chi connectivity index (χ0) is 12.3. The lowest BCUT2D eigenvalue weighted by Gasteiger charge is -2.13. The minimum atomic E-state index is 0.472. The van der Waals surface area contributed by atoms with Crippen LogP contribution in [0.5, 0.6) is 5.75 Å². The molecule has 0 saturated carbocycles. The Balaban J connectivity index is 2.08. The second-order valence-corrected chi connectivity index (χ2v) is 4.50. The highest BCUT2D eigenvalue weighted by molar-refractivity contribution is 5.35. The summed E-state index contributed by atoms with van der Waals surface area (Å²) in [6.45, 7) is 4.91. The first-order chi connectivity index (χ1) is 8.16. The zero-order valence-electron chi connectivity index (χ0n) is 10.6. The largest absolute Gasteiger partial charge is 0.488 e. The van der Waals surface area contributed by atoms with E-state index >= 15 is 0 Å². The number of benzene rings is 1. The molecule has 1 aromatic carbocycles. The van der Waals surface area contributed by atoms with Gasteiger partial charge in [0.1, 0.15) is 12.4 Å². The summed E-state index contributed by atoms with van der Waals surface area (Å²) in [5.74, 6) is 1.44. The lowest BCUT2D eigenvalue weighted by Crippen LogP contribution is -1.99. The molecule has 3 heteroatoms. The van der Waals surface area contributed by atoms with Crippen molar-refractivity contribution in [1.82, 2.24) is 9.78 Å². The van der Waals surface area contributed by atoms with Gasteiger partial charge in [-0.1, -0.05) is 32.0 Å². The molecular weight excluding hydrogens is 212 g/mol. The molecule has 0 radical (unpaired) electrons. The van der Waals surface area contributed by atoms with E-state index in [1.807, 2.05) is 37.6 Å². The predicted molar refractivity (Wildman–Crippen MR) is 68.1 cm³/mol. The van der Waals surface area contributed by atoms with Crippen molar-refractivity contribution in [1.29, 1.82) is 0 Å². The Kier molecular flexibility index (Phi) is 3.47. The Hall–Kier alpha value is -1.77. The van der Waals surface area contributed by atoms with Crippen LogP contribution in [-0.2, 0) is 13.7 Å². The number of hydrogen-bond donors (Lipinski definition) is 0. The molecule has 0 unspecified atom stereocenters. The van der Waals surface area contributed by atoms with Gasteiger partial charge < -0.3 is 4.74 Å². The minimum absolute atomic E-state index is 0.472. The second-order valence-electron chi connectivity index (χ2n) is 4.50. The average Bonchev–Trinajstić information content (AvgIpc) is 2.73. The third-order valence-corrected chi connectivity index (χ3v) is 2.69. The van der Waals surface area contributed by atoms with E-state index in [2.05, 4.69) is 25.0 Å². The highest BCUT2D eigenvalue weighted by atomic mass is 16.5. The number of hydrogen-bond acceptors (Lipinski definition) is 2. The molecule has 0 N–H and O–H groups in total. The normalized spacial score (nSPS) is 10.8. The molecule has 0 bridgehead atoms. The summed E-state index contributed by atoms with van der Waals surface area (Å²) in [5.41, 5.74) is 2.34. The van der Waals surface area contributed by atoms with Crippen molar-refractivity contribution in [2.75, 3.05) is 0 Å². The third kappa shape index (κ3) is 2.87. The fourth-order valence-electron chi connectivity index (χ4n) is 1.80. The molecule has 2 aromatic rings. The van der Waals surface area contributed by atoms with Gasteiger partial charge in [0.15, 0.2) is 0 Å².